The summed E-state index contributed by atoms with van der Waals surface area (Å²) in [6.07, 6.45) is 6.71. The van der Waals surface area contributed by atoms with Gasteiger partial charge in [-0.1, -0.05) is 208 Å². The second kappa shape index (κ2) is 52.5. The molecule has 15 aromatic rings. The van der Waals surface area contributed by atoms with Gasteiger partial charge in [0, 0.05) is 166 Å². The van der Waals surface area contributed by atoms with Gasteiger partial charge in [-0.3, -0.25) is 0 Å². The summed E-state index contributed by atoms with van der Waals surface area (Å²) in [6, 6.07) is 77.3. The van der Waals surface area contributed by atoms with Crippen LogP contribution < -0.4 is 36.1 Å². The van der Waals surface area contributed by atoms with Crippen molar-refractivity contribution < 1.29 is 83.2 Å². The van der Waals surface area contributed by atoms with E-state index in [9.17, 15) is 50.0 Å². The molecule has 5 heterocycles. The molecule has 776 valence electrons. The van der Waals surface area contributed by atoms with Crippen LogP contribution in [-0.2, 0) is 56.4 Å². The Balaban J connectivity index is 0.000000174. The number of fused-ring (bicyclic) bond motifs is 5. The van der Waals surface area contributed by atoms with Gasteiger partial charge in [0.05, 0.1) is 44.4 Å². The maximum Gasteiger partial charge on any atom is 0.407 e. The Morgan fingerprint density at radius 3 is 0.788 bits per heavy atom. The summed E-state index contributed by atoms with van der Waals surface area (Å²) >= 11 is 6.98. The van der Waals surface area contributed by atoms with Gasteiger partial charge in [0.15, 0.2) is 0 Å². The molecule has 0 fully saturated rings. The monoisotopic (exact) mass is 2120 g/mol. The highest BCUT2D eigenvalue weighted by molar-refractivity contribution is 9.10. The van der Waals surface area contributed by atoms with Crippen LogP contribution in [0.2, 0.25) is 0 Å². The third-order valence-corrected chi connectivity index (χ3v) is 23.5. The molecule has 0 bridgehead atoms. The van der Waals surface area contributed by atoms with Gasteiger partial charge in [0.1, 0.15) is 39.5 Å². The Kier molecular flexibility index (Phi) is 40.5. The van der Waals surface area contributed by atoms with E-state index < -0.39 is 88.7 Å². The maximum atomic E-state index is 12.2. The van der Waals surface area contributed by atoms with Crippen LogP contribution in [0.1, 0.15) is 190 Å². The smallest absolute Gasteiger partial charge is 0.407 e. The number of nitrogens with zero attached hydrogens (tertiary/aromatic N) is 5. The molecular weight excluding hydrogens is 1990 g/mol. The van der Waals surface area contributed by atoms with E-state index in [2.05, 4.69) is 83.4 Å². The minimum Gasteiger partial charge on any atom is -0.497 e. The first-order valence-electron chi connectivity index (χ1n) is 48.0. The zero-order valence-electron chi connectivity index (χ0n) is 85.6. The number of benzene rings is 10. The predicted octanol–water partition coefficient (Wildman–Crippen LogP) is 24.7. The number of para-hydroxylation sites is 1. The molecule has 15 rings (SSSR count). The molecule has 0 saturated heterocycles. The number of nitrogens with one attached hydrogen (secondary N) is 10. The fourth-order valence-corrected chi connectivity index (χ4v) is 16.7. The number of amides is 5. The number of hydroxylamine groups is 10. The van der Waals surface area contributed by atoms with Crippen LogP contribution in [0.25, 0.3) is 54.5 Å². The highest BCUT2D eigenvalue weighted by Crippen LogP contribution is 2.38. The van der Waals surface area contributed by atoms with Crippen molar-refractivity contribution in [2.75, 3.05) is 46.9 Å². The molecular formula is C112H137Br2N15O17. The Morgan fingerprint density at radius 1 is 0.267 bits per heavy atom. The van der Waals surface area contributed by atoms with Crippen molar-refractivity contribution in [3.63, 3.8) is 0 Å². The number of hydrogen-bond donors (Lipinski definition) is 15. The summed E-state index contributed by atoms with van der Waals surface area (Å²) in [7, 11) is 3.23. The maximum absolute atomic E-state index is 12.2. The molecule has 0 aliphatic rings. The second-order valence-electron chi connectivity index (χ2n) is 39.9. The van der Waals surface area contributed by atoms with Gasteiger partial charge >= 0.3 is 30.5 Å². The molecule has 0 aliphatic carbocycles. The lowest BCUT2D eigenvalue weighted by Crippen LogP contribution is -2.39. The highest BCUT2D eigenvalue weighted by Gasteiger charge is 2.33. The van der Waals surface area contributed by atoms with E-state index in [4.69, 9.17) is 33.2 Å². The SMILES string of the molecule is CC(C)(C)OC(=O)NCC(c1c[nH]c2cc(Br)ccc12)N(O)Cc1ccccc1.CC(C)(C)OC(=O)NCC(c1c[nH]c2ccc(Br)cc12)N(O)Cc1ccccc1.CC(C)(C)OC(=O)NCC(c1c[nH]c2ccccc12)N(O)Cc1ccccc1.COc1ccc2[nH]cc(C(CNC(=O)OC(C)(C)C)N(O)Cc3ccccc3)c2c1.COc1ccc2c(C(CNC(=O)OC(C)(C)C)N(O)Cc3ccccc3)c[nH]c2c1. The second-order valence-corrected chi connectivity index (χ2v) is 41.7. The normalized spacial score (nSPS) is 12.8. The van der Waals surface area contributed by atoms with Crippen LogP contribution in [0.5, 0.6) is 11.5 Å². The first-order chi connectivity index (χ1) is 69.3. The van der Waals surface area contributed by atoms with Crippen molar-refractivity contribution in [2.24, 2.45) is 0 Å². The van der Waals surface area contributed by atoms with E-state index in [0.717, 1.165) is 131 Å². The van der Waals surface area contributed by atoms with Crippen molar-refractivity contribution in [2.45, 2.75) is 195 Å². The van der Waals surface area contributed by atoms with Crippen LogP contribution in [0.15, 0.2) is 289 Å². The van der Waals surface area contributed by atoms with Gasteiger partial charge in [-0.15, -0.1) is 0 Å². The highest BCUT2D eigenvalue weighted by atomic mass is 79.9. The third-order valence-electron chi connectivity index (χ3n) is 22.5. The van der Waals surface area contributed by atoms with Gasteiger partial charge in [0.2, 0.25) is 0 Å². The largest absolute Gasteiger partial charge is 0.497 e. The number of aromatic amines is 5. The lowest BCUT2D eigenvalue weighted by Gasteiger charge is -2.27. The summed E-state index contributed by atoms with van der Waals surface area (Å²) in [5.74, 6) is 1.46. The van der Waals surface area contributed by atoms with E-state index in [0.29, 0.717) is 32.7 Å². The molecule has 5 amide bonds. The molecule has 5 atom stereocenters. The molecule has 15 N–H and O–H groups in total. The van der Waals surface area contributed by atoms with Crippen LogP contribution >= 0.6 is 31.9 Å². The number of ether oxygens (including phenoxy) is 7. The minimum absolute atomic E-state index is 0.169. The zero-order chi connectivity index (χ0) is 106. The predicted molar refractivity (Wildman–Crippen MR) is 574 cm³/mol. The van der Waals surface area contributed by atoms with Gasteiger partial charge < -0.3 is 111 Å². The average molecular weight is 2130 g/mol. The van der Waals surface area contributed by atoms with E-state index in [-0.39, 0.29) is 32.7 Å². The van der Waals surface area contributed by atoms with Crippen LogP contribution in [0, 0.1) is 0 Å². The zero-order valence-corrected chi connectivity index (χ0v) is 88.8. The number of carbonyl (C=O) groups excluding carboxylic acids is 5. The number of carbonyl (C=O) groups is 5. The number of aromatic nitrogens is 5. The Bertz CT molecular complexity index is 6660. The molecule has 0 spiro atoms. The summed E-state index contributed by atoms with van der Waals surface area (Å²) in [5.41, 5.74) is 11.0. The number of methoxy groups -OCH3 is 2. The Morgan fingerprint density at radius 2 is 0.486 bits per heavy atom. The standard InChI is InChI=1S/2C23H29N3O4.2C22H26BrN3O3.C22H27N3O3/c1-23(2,3)30-22(27)25-14-21(26(28)15-16-8-6-5-7-9-16)19-13-24-20-11-10-17(29-4)12-18(19)20;1-23(2,3)30-22(27)25-14-21(26(28)15-16-8-6-5-7-9-16)19-13-24-20-12-17(29-4)10-11-18(19)20;1-22(2,3)29-21(27)25-13-20(26(28)14-15-7-5-4-6-8-15)18-12-24-19-10-9-16(23)11-17(18)19;1-22(2,3)29-21(27)25-13-20(26(28)14-15-7-5-4-6-8-15)18-12-24-19-11-16(23)9-10-17(18)19;1-22(2,3)28-21(26)24-14-20(25(27)15-16-9-5-4-6-10-16)18-13-23-19-12-8-7-11-17(18)19/h2*5-13,21,24,28H,14-15H2,1-4H3,(H,25,27);2*4-12,20,24,28H,13-14H2,1-3H3,(H,25,27);4-13,20,23,27H,14-15H2,1-3H3,(H,24,26). The number of H-pyrrole nitrogens is 5. The van der Waals surface area contributed by atoms with Crippen molar-refractivity contribution in [1.82, 2.24) is 76.8 Å². The van der Waals surface area contributed by atoms with Crippen molar-refractivity contribution in [1.29, 1.82) is 0 Å². The fourth-order valence-electron chi connectivity index (χ4n) is 16.0. The van der Waals surface area contributed by atoms with E-state index in [1.54, 1.807) is 14.2 Å². The summed E-state index contributed by atoms with van der Waals surface area (Å²) in [4.78, 5) is 77.1. The van der Waals surface area contributed by atoms with Crippen molar-refractivity contribution >= 4 is 117 Å². The van der Waals surface area contributed by atoms with Gasteiger partial charge in [-0.25, -0.2) is 24.0 Å². The Hall–Kier alpha value is -13.6. The number of alkyl carbamates (subject to hydrolysis) is 5. The van der Waals surface area contributed by atoms with Crippen LogP contribution in [0.3, 0.4) is 0 Å². The quantitative estimate of drug-likeness (QED) is 0.0137. The van der Waals surface area contributed by atoms with Gasteiger partial charge in [-0.2, -0.15) is 25.3 Å². The molecule has 5 unspecified atom stereocenters. The molecule has 5 aromatic heterocycles. The summed E-state index contributed by atoms with van der Waals surface area (Å²) in [5, 5.41) is 79.6. The van der Waals surface area contributed by atoms with Crippen molar-refractivity contribution in [3.8, 4) is 11.5 Å². The van der Waals surface area contributed by atoms with Gasteiger partial charge in [0.25, 0.3) is 0 Å². The molecule has 32 nitrogen and oxygen atoms in total. The first-order valence-corrected chi connectivity index (χ1v) is 49.6. The molecule has 146 heavy (non-hydrogen) atoms. The van der Waals surface area contributed by atoms with E-state index in [1.807, 2.05) is 384 Å². The van der Waals surface area contributed by atoms with E-state index >= 15 is 0 Å². The molecule has 0 aliphatic heterocycles. The molecule has 10 aromatic carbocycles. The van der Waals surface area contributed by atoms with Gasteiger partial charge in [-0.05, 0) is 226 Å². The number of hydrogen-bond acceptors (Lipinski definition) is 22. The minimum atomic E-state index is -0.601. The number of halogens is 2. The number of rotatable bonds is 32. The fraction of sp³-hybridized carbons (Fsp3) is 0.330. The average Bonchev–Trinajstić information content (AvgIpc) is 1.59. The summed E-state index contributed by atoms with van der Waals surface area (Å²) < 4.78 is 39.3. The lowest BCUT2D eigenvalue weighted by molar-refractivity contribution is -0.136. The molecule has 0 saturated carbocycles. The van der Waals surface area contributed by atoms with Crippen molar-refractivity contribution in [3.05, 3.63) is 344 Å². The van der Waals surface area contributed by atoms with Crippen LogP contribution in [0.4, 0.5) is 24.0 Å². The van der Waals surface area contributed by atoms with Crippen LogP contribution in [-0.4, -0.2) is 182 Å². The Labute approximate surface area is 868 Å². The third kappa shape index (κ3) is 35.4. The van der Waals surface area contributed by atoms with E-state index in [1.165, 1.54) is 25.3 Å². The molecule has 0 radical (unpaired) electrons. The topological polar surface area (TPSA) is 406 Å². The molecule has 34 heteroatoms. The summed E-state index contributed by atoms with van der Waals surface area (Å²) in [6.45, 7) is 29.7. The lowest BCUT2D eigenvalue weighted by atomic mass is 10.0. The first kappa shape index (κ1) is 113.